The molecule has 1 saturated heterocycles. The average molecular weight is 218 g/mol. The lowest BCUT2D eigenvalue weighted by atomic mass is 10.1. The summed E-state index contributed by atoms with van der Waals surface area (Å²) < 4.78 is 0. The minimum absolute atomic E-state index is 0.0186. The van der Waals surface area contributed by atoms with Crippen LogP contribution in [0.2, 0.25) is 0 Å². The molecule has 84 valence electrons. The number of anilines is 1. The standard InChI is InChI=1S/C11H15BN2O2/c12-11(16)13-5-8-1-3-9(4-2-8)14-6-10(15)7-14/h1-4,10,15H,5-7,12H2,(H,13,16). The van der Waals surface area contributed by atoms with E-state index in [0.717, 1.165) is 11.3 Å². The van der Waals surface area contributed by atoms with Crippen molar-refractivity contribution in [2.75, 3.05) is 18.0 Å². The number of aliphatic hydroxyl groups is 1. The predicted molar refractivity (Wildman–Crippen MR) is 65.4 cm³/mol. The van der Waals surface area contributed by atoms with Crippen molar-refractivity contribution in [1.29, 1.82) is 0 Å². The van der Waals surface area contributed by atoms with Crippen molar-refractivity contribution in [2.45, 2.75) is 12.6 Å². The Morgan fingerprint density at radius 2 is 2.06 bits per heavy atom. The van der Waals surface area contributed by atoms with Gasteiger partial charge in [-0.3, -0.25) is 4.79 Å². The number of hydrogen-bond donors (Lipinski definition) is 2. The summed E-state index contributed by atoms with van der Waals surface area (Å²) in [5.74, 6) is -0.0186. The van der Waals surface area contributed by atoms with Crippen LogP contribution in [-0.2, 0) is 6.54 Å². The van der Waals surface area contributed by atoms with Gasteiger partial charge in [-0.1, -0.05) is 12.1 Å². The molecule has 0 aliphatic carbocycles. The predicted octanol–water partition coefficient (Wildman–Crippen LogP) is -0.290. The molecule has 1 aliphatic rings. The van der Waals surface area contributed by atoms with Crippen molar-refractivity contribution in [1.82, 2.24) is 5.32 Å². The van der Waals surface area contributed by atoms with E-state index < -0.39 is 0 Å². The number of nitrogens with zero attached hydrogens (tertiary/aromatic N) is 1. The monoisotopic (exact) mass is 218 g/mol. The summed E-state index contributed by atoms with van der Waals surface area (Å²) in [6, 6.07) is 8.03. The van der Waals surface area contributed by atoms with Crippen LogP contribution in [0.1, 0.15) is 5.56 Å². The second kappa shape index (κ2) is 4.57. The van der Waals surface area contributed by atoms with Crippen molar-refractivity contribution in [3.05, 3.63) is 29.8 Å². The van der Waals surface area contributed by atoms with E-state index in [9.17, 15) is 9.90 Å². The van der Waals surface area contributed by atoms with Crippen LogP contribution in [0.25, 0.3) is 0 Å². The molecule has 0 spiro atoms. The van der Waals surface area contributed by atoms with Crippen molar-refractivity contribution >= 4 is 19.3 Å². The Kier molecular flexibility index (Phi) is 3.15. The maximum absolute atomic E-state index is 10.7. The molecule has 2 rings (SSSR count). The number of benzene rings is 1. The van der Waals surface area contributed by atoms with Gasteiger partial charge in [-0.15, -0.1) is 0 Å². The highest BCUT2D eigenvalue weighted by Crippen LogP contribution is 2.20. The average Bonchev–Trinajstić information content (AvgIpc) is 2.23. The van der Waals surface area contributed by atoms with Gasteiger partial charge >= 0.3 is 0 Å². The van der Waals surface area contributed by atoms with Gasteiger partial charge in [-0.05, 0) is 17.7 Å². The fraction of sp³-hybridized carbons (Fsp3) is 0.364. The maximum Gasteiger partial charge on any atom is 0.215 e. The van der Waals surface area contributed by atoms with Crippen LogP contribution in [-0.4, -0.2) is 38.0 Å². The van der Waals surface area contributed by atoms with Crippen LogP contribution in [0, 0.1) is 0 Å². The molecule has 1 aliphatic heterocycles. The van der Waals surface area contributed by atoms with E-state index in [4.69, 9.17) is 0 Å². The highest BCUT2D eigenvalue weighted by Gasteiger charge is 2.23. The maximum atomic E-state index is 10.7. The first-order valence-corrected chi connectivity index (χ1v) is 5.41. The molecule has 0 saturated carbocycles. The molecule has 1 aromatic carbocycles. The van der Waals surface area contributed by atoms with Crippen LogP contribution >= 0.6 is 0 Å². The van der Waals surface area contributed by atoms with Gasteiger partial charge in [0.15, 0.2) is 5.81 Å². The van der Waals surface area contributed by atoms with Gasteiger partial charge < -0.3 is 15.3 Å². The smallest absolute Gasteiger partial charge is 0.215 e. The summed E-state index contributed by atoms with van der Waals surface area (Å²) in [4.78, 5) is 12.9. The van der Waals surface area contributed by atoms with Crippen LogP contribution < -0.4 is 10.2 Å². The topological polar surface area (TPSA) is 52.6 Å². The summed E-state index contributed by atoms with van der Waals surface area (Å²) >= 11 is 0. The van der Waals surface area contributed by atoms with Crippen LogP contribution in [0.3, 0.4) is 0 Å². The molecule has 0 atom stereocenters. The highest BCUT2D eigenvalue weighted by molar-refractivity contribution is 6.57. The fourth-order valence-electron chi connectivity index (χ4n) is 1.72. The number of amides is 1. The highest BCUT2D eigenvalue weighted by atomic mass is 16.3. The zero-order valence-corrected chi connectivity index (χ0v) is 9.31. The largest absolute Gasteiger partial charge is 0.389 e. The minimum Gasteiger partial charge on any atom is -0.389 e. The molecule has 0 radical (unpaired) electrons. The summed E-state index contributed by atoms with van der Waals surface area (Å²) in [7, 11) is 1.51. The Bertz CT molecular complexity index is 374. The third-order valence-electron chi connectivity index (χ3n) is 2.71. The molecule has 0 bridgehead atoms. The van der Waals surface area contributed by atoms with Gasteiger partial charge in [0.2, 0.25) is 7.85 Å². The van der Waals surface area contributed by atoms with E-state index >= 15 is 0 Å². The van der Waals surface area contributed by atoms with Gasteiger partial charge in [0.1, 0.15) is 0 Å². The Hall–Kier alpha value is -1.49. The van der Waals surface area contributed by atoms with Gasteiger partial charge in [0.05, 0.1) is 6.10 Å². The zero-order valence-electron chi connectivity index (χ0n) is 9.31. The van der Waals surface area contributed by atoms with E-state index in [0.29, 0.717) is 19.6 Å². The normalized spacial score (nSPS) is 15.7. The molecule has 1 heterocycles. The Labute approximate surface area is 95.7 Å². The molecule has 1 aromatic rings. The van der Waals surface area contributed by atoms with E-state index in [-0.39, 0.29) is 11.9 Å². The minimum atomic E-state index is -0.181. The Balaban J connectivity index is 1.91. The number of rotatable bonds is 3. The second-order valence-corrected chi connectivity index (χ2v) is 4.13. The number of hydrogen-bond acceptors (Lipinski definition) is 3. The van der Waals surface area contributed by atoms with Crippen LogP contribution in [0.5, 0.6) is 0 Å². The fourth-order valence-corrected chi connectivity index (χ4v) is 1.72. The van der Waals surface area contributed by atoms with Crippen LogP contribution in [0.15, 0.2) is 24.3 Å². The summed E-state index contributed by atoms with van der Waals surface area (Å²) in [5.41, 5.74) is 2.21. The number of nitrogens with one attached hydrogen (secondary N) is 1. The quantitative estimate of drug-likeness (QED) is 0.685. The number of aliphatic hydroxyl groups excluding tert-OH is 1. The number of carbonyl (C=O) groups excluding carboxylic acids is 1. The van der Waals surface area contributed by atoms with Gasteiger partial charge in [0.25, 0.3) is 0 Å². The van der Waals surface area contributed by atoms with Crippen molar-refractivity contribution in [3.63, 3.8) is 0 Å². The molecule has 5 heteroatoms. The molecular formula is C11H15BN2O2. The van der Waals surface area contributed by atoms with Gasteiger partial charge in [-0.25, -0.2) is 0 Å². The second-order valence-electron chi connectivity index (χ2n) is 4.13. The molecule has 2 N–H and O–H groups in total. The zero-order chi connectivity index (χ0) is 11.5. The van der Waals surface area contributed by atoms with Crippen LogP contribution in [0.4, 0.5) is 10.5 Å². The molecule has 16 heavy (non-hydrogen) atoms. The number of carbonyl (C=O) groups is 1. The lowest BCUT2D eigenvalue weighted by Gasteiger charge is -2.37. The summed E-state index contributed by atoms with van der Waals surface area (Å²) in [6.07, 6.45) is -0.181. The lowest BCUT2D eigenvalue weighted by molar-refractivity contribution is 0.142. The molecular weight excluding hydrogens is 203 g/mol. The van der Waals surface area contributed by atoms with Crippen molar-refractivity contribution in [2.24, 2.45) is 0 Å². The van der Waals surface area contributed by atoms with Gasteiger partial charge in [0, 0.05) is 25.3 Å². The molecule has 0 unspecified atom stereocenters. The first-order valence-electron chi connectivity index (χ1n) is 5.41. The Morgan fingerprint density at radius 3 is 2.56 bits per heavy atom. The third-order valence-corrected chi connectivity index (χ3v) is 2.71. The lowest BCUT2D eigenvalue weighted by Crippen LogP contribution is -2.50. The van der Waals surface area contributed by atoms with E-state index in [2.05, 4.69) is 10.2 Å². The van der Waals surface area contributed by atoms with Crippen molar-refractivity contribution < 1.29 is 9.90 Å². The Morgan fingerprint density at radius 1 is 1.44 bits per heavy atom. The van der Waals surface area contributed by atoms with E-state index in [1.807, 2.05) is 24.3 Å². The van der Waals surface area contributed by atoms with Crippen molar-refractivity contribution in [3.8, 4) is 0 Å². The third kappa shape index (κ3) is 2.55. The molecule has 0 aromatic heterocycles. The molecule has 1 fully saturated rings. The van der Waals surface area contributed by atoms with Gasteiger partial charge in [-0.2, -0.15) is 0 Å². The summed E-state index contributed by atoms with van der Waals surface area (Å²) in [5, 5.41) is 11.9. The van der Waals surface area contributed by atoms with E-state index in [1.54, 1.807) is 0 Å². The van der Waals surface area contributed by atoms with E-state index in [1.165, 1.54) is 7.85 Å². The molecule has 4 nitrogen and oxygen atoms in total. The molecule has 1 amide bonds. The first kappa shape index (κ1) is 11.0. The first-order chi connectivity index (χ1) is 7.65. The SMILES string of the molecule is BC(=O)NCc1ccc(N2CC(O)C2)cc1. The summed E-state index contributed by atoms with van der Waals surface area (Å²) in [6.45, 7) is 1.99. The number of β-amino-alcohol motifs (C(OH)–C–C–N with tert-alkyl or cyclic N) is 1.